The Morgan fingerprint density at radius 3 is 1.98 bits per heavy atom. The average Bonchev–Trinajstić information content (AvgIpc) is 1.59. The number of amides is 13. The van der Waals surface area contributed by atoms with Crippen LogP contribution in [0.25, 0.3) is 10.9 Å². The van der Waals surface area contributed by atoms with Crippen LogP contribution in [0.2, 0.25) is 5.02 Å². The molecule has 1 aliphatic carbocycles. The van der Waals surface area contributed by atoms with E-state index in [9.17, 15) is 63.0 Å². The van der Waals surface area contributed by atoms with Gasteiger partial charge in [0.2, 0.25) is 76.8 Å². The molecule has 34 nitrogen and oxygen atoms in total. The van der Waals surface area contributed by atoms with Gasteiger partial charge in [-0.05, 0) is 104 Å². The standard InChI is InChI=1S/C69H93ClN18O16S2/c70-41-11-5-8-38(30-41)32-49-63(99)80-45(14-6-27-77-69(74)75)60(96)76-28-25-55(91)79-46(20-22-54(72)90)61(97)82-50(33-40-34-78-44-13-4-3-12-43(40)44)65(101)81-47(21-23-57(93)94)62(98)85-51(59(73)95)35-105-106-36-52(66(102)87-58(68(104)84-49)39-9-1-2-10-39)86-64(100)48(31-37-16-18-42(89)19-17-37)83-67(103)53-15-7-29-88(53)56(92)24-26-71/h3-5,8,11-13,16-19,30,34,39,45-53,58,78,89H,1-2,6-7,9-10,14-15,20-29,31-33,35-36,71H2,(H2,72,90)(H2,73,95)(H,76,96)(H,79,91)(H,80,99)(H,81,101)(H,82,97)(H,83,103)(H,84,104)(H,85,98)(H,86,100)(H,87,102)(H,93,94)(H4,74,75,77)/t45-,46-,47-,48-,49-,50-,51+,52-,53-,58-/m0/s1. The quantitative estimate of drug-likeness (QED) is 0.0156. The van der Waals surface area contributed by atoms with Crippen LogP contribution in [0.15, 0.2) is 84.0 Å². The second-order valence-corrected chi connectivity index (χ2v) is 29.0. The highest BCUT2D eigenvalue weighted by atomic mass is 35.5. The van der Waals surface area contributed by atoms with E-state index in [4.69, 9.17) is 40.3 Å². The van der Waals surface area contributed by atoms with E-state index in [1.54, 1.807) is 54.7 Å². The Morgan fingerprint density at radius 1 is 0.660 bits per heavy atom. The summed E-state index contributed by atoms with van der Waals surface area (Å²) in [6.45, 7) is -0.176. The van der Waals surface area contributed by atoms with Gasteiger partial charge in [-0.2, -0.15) is 0 Å². The number of H-pyrrole nitrogens is 1. The monoisotopic (exact) mass is 1530 g/mol. The number of benzene rings is 3. The molecule has 2 aliphatic heterocycles. The number of rotatable bonds is 24. The number of phenols is 1. The normalized spacial score (nSPS) is 22.8. The van der Waals surface area contributed by atoms with E-state index < -0.39 is 182 Å². The highest BCUT2D eigenvalue weighted by molar-refractivity contribution is 8.76. The predicted octanol–water partition coefficient (Wildman–Crippen LogP) is -1.98. The van der Waals surface area contributed by atoms with Crippen molar-refractivity contribution < 1.29 is 77.3 Å². The second-order valence-electron chi connectivity index (χ2n) is 26.0. The zero-order valence-corrected chi connectivity index (χ0v) is 60.6. The molecule has 10 atom stereocenters. The minimum atomic E-state index is -1.74. The fraction of sp³-hybridized carbons (Fsp3) is 0.493. The fourth-order valence-electron chi connectivity index (χ4n) is 12.5. The van der Waals surface area contributed by atoms with Crippen molar-refractivity contribution in [1.29, 1.82) is 0 Å². The summed E-state index contributed by atoms with van der Waals surface area (Å²) >= 11 is 6.44. The molecule has 0 unspecified atom stereocenters. The number of hydrogen-bond acceptors (Lipinski definition) is 19. The number of para-hydroxylation sites is 1. The zero-order valence-electron chi connectivity index (χ0n) is 58.2. The summed E-state index contributed by atoms with van der Waals surface area (Å²) in [4.78, 5) is 206. The number of aromatic nitrogens is 1. The molecular weight excluding hydrogens is 1440 g/mol. The lowest BCUT2D eigenvalue weighted by Gasteiger charge is -2.30. The molecule has 2 saturated heterocycles. The van der Waals surface area contributed by atoms with E-state index in [2.05, 4.69) is 63.1 Å². The summed E-state index contributed by atoms with van der Waals surface area (Å²) in [6, 6.07) is 4.09. The second kappa shape index (κ2) is 41.5. The number of nitrogens with one attached hydrogen (secondary N) is 11. The molecule has 37 heteroatoms. The summed E-state index contributed by atoms with van der Waals surface area (Å²) in [5.41, 5.74) is 30.3. The molecule has 4 aromatic rings. The number of carboxylic acids is 1. The van der Waals surface area contributed by atoms with Crippen LogP contribution >= 0.6 is 33.2 Å². The molecular formula is C69H93ClN18O16S2. The van der Waals surface area contributed by atoms with Gasteiger partial charge >= 0.3 is 5.97 Å². The third-order valence-electron chi connectivity index (χ3n) is 18.1. The van der Waals surface area contributed by atoms with E-state index in [1.165, 1.54) is 29.2 Å². The topological polar surface area (TPSA) is 561 Å². The first-order chi connectivity index (χ1) is 50.7. The summed E-state index contributed by atoms with van der Waals surface area (Å²) in [7, 11) is 1.75. The van der Waals surface area contributed by atoms with E-state index in [0.29, 0.717) is 59.7 Å². The number of aliphatic carboxylic acids is 1. The number of aromatic hydroxyl groups is 1. The molecule has 3 heterocycles. The van der Waals surface area contributed by atoms with Crippen LogP contribution in [0.3, 0.4) is 0 Å². The van der Waals surface area contributed by atoms with Gasteiger partial charge in [0, 0.05) is 105 Å². The van der Waals surface area contributed by atoms with Crippen molar-refractivity contribution in [3.63, 3.8) is 0 Å². The fourth-order valence-corrected chi connectivity index (χ4v) is 15.1. The summed E-state index contributed by atoms with van der Waals surface area (Å²) in [6.07, 6.45) is 0.844. The molecule has 1 saturated carbocycles. The maximum Gasteiger partial charge on any atom is 0.303 e. The summed E-state index contributed by atoms with van der Waals surface area (Å²) in [5.74, 6) is -14.6. The first-order valence-electron chi connectivity index (χ1n) is 34.8. The van der Waals surface area contributed by atoms with Crippen molar-refractivity contribution in [3.05, 3.63) is 101 Å². The highest BCUT2D eigenvalue weighted by Gasteiger charge is 2.41. The Balaban J connectivity index is 1.28. The van der Waals surface area contributed by atoms with Gasteiger partial charge in [0.05, 0.1) is 0 Å². The van der Waals surface area contributed by atoms with E-state index in [-0.39, 0.29) is 98.7 Å². The number of primary amides is 2. The van der Waals surface area contributed by atoms with Gasteiger partial charge in [0.1, 0.15) is 66.2 Å². The molecule has 0 spiro atoms. The van der Waals surface area contributed by atoms with Crippen molar-refractivity contribution in [2.24, 2.45) is 39.6 Å². The first kappa shape index (κ1) is 83.1. The number of halogens is 1. The molecule has 23 N–H and O–H groups in total. The van der Waals surface area contributed by atoms with Crippen LogP contribution in [-0.4, -0.2) is 207 Å². The number of hydrogen-bond donors (Lipinski definition) is 18. The number of guanidine groups is 1. The first-order valence-corrected chi connectivity index (χ1v) is 37.7. The van der Waals surface area contributed by atoms with Gasteiger partial charge in [-0.1, -0.05) is 88.5 Å². The van der Waals surface area contributed by atoms with Crippen molar-refractivity contribution in [3.8, 4) is 5.75 Å². The Bertz CT molecular complexity index is 3840. The minimum Gasteiger partial charge on any atom is -0.508 e. The number of nitrogens with two attached hydrogens (primary N) is 5. The lowest BCUT2D eigenvalue weighted by atomic mass is 9.95. The van der Waals surface area contributed by atoms with Crippen molar-refractivity contribution in [2.75, 3.05) is 37.7 Å². The summed E-state index contributed by atoms with van der Waals surface area (Å²) < 4.78 is 0. The molecule has 13 amide bonds. The largest absolute Gasteiger partial charge is 0.508 e. The van der Waals surface area contributed by atoms with E-state index >= 15 is 14.4 Å². The van der Waals surface area contributed by atoms with Crippen LogP contribution in [0, 0.1) is 5.92 Å². The van der Waals surface area contributed by atoms with Crippen molar-refractivity contribution >= 4 is 133 Å². The molecule has 0 bridgehead atoms. The number of nitrogens with zero attached hydrogens (tertiary/aromatic N) is 2. The number of aliphatic imine (C=N–C) groups is 1. The van der Waals surface area contributed by atoms with Crippen molar-refractivity contribution in [1.82, 2.24) is 63.1 Å². The number of carbonyl (C=O) groups excluding carboxylic acids is 13. The SMILES string of the molecule is NCCC(=O)N1CCC[C@H]1C(=O)N[C@@H](Cc1ccc(O)cc1)C(=O)N[C@H]1CSSC[C@H](C(N)=O)NC(=O)[C@H](CCC(=O)O)NC(=O)[C@H](Cc2c[nH]c3ccccc23)NC(=O)[C@H](CCC(N)=O)NC(=O)CCNC(=O)[C@H](CCCN=C(N)N)NC(=O)[C@H](Cc2cccc(Cl)c2)NC(=O)[C@H](C2CCCC2)NC1=O. The van der Waals surface area contributed by atoms with E-state index in [1.807, 2.05) is 0 Å². The third-order valence-corrected chi connectivity index (χ3v) is 20.7. The van der Waals surface area contributed by atoms with Gasteiger partial charge in [0.25, 0.3) is 0 Å². The Hall–Kier alpha value is -10.2. The van der Waals surface area contributed by atoms with Gasteiger partial charge in [-0.25, -0.2) is 0 Å². The Morgan fingerprint density at radius 2 is 1.30 bits per heavy atom. The van der Waals surface area contributed by atoms with Crippen LogP contribution in [0.5, 0.6) is 5.75 Å². The van der Waals surface area contributed by atoms with Crippen molar-refractivity contribution in [2.45, 2.75) is 170 Å². The number of likely N-dealkylation sites (tertiary alicyclic amines) is 1. The van der Waals surface area contributed by atoms with Gasteiger partial charge < -0.3 is 102 Å². The average molecular weight is 1530 g/mol. The zero-order chi connectivity index (χ0) is 77.0. The summed E-state index contributed by atoms with van der Waals surface area (Å²) in [5, 5.41) is 47.5. The highest BCUT2D eigenvalue weighted by Crippen LogP contribution is 2.30. The molecule has 574 valence electrons. The third kappa shape index (κ3) is 26.1. The van der Waals surface area contributed by atoms with Gasteiger partial charge in [-0.3, -0.25) is 72.1 Å². The smallest absolute Gasteiger partial charge is 0.303 e. The molecule has 3 aliphatic rings. The van der Waals surface area contributed by atoms with Crippen LogP contribution < -0.4 is 81.8 Å². The van der Waals surface area contributed by atoms with Gasteiger partial charge in [0.15, 0.2) is 5.96 Å². The number of aromatic amines is 1. The maximum atomic E-state index is 15.3. The van der Waals surface area contributed by atoms with Crippen LogP contribution in [-0.2, 0) is 86.4 Å². The molecule has 0 radical (unpaired) electrons. The molecule has 7 rings (SSSR count). The van der Waals surface area contributed by atoms with E-state index in [0.717, 1.165) is 21.6 Å². The minimum absolute atomic E-state index is 0.00718. The Labute approximate surface area is 623 Å². The number of carboxylic acid groups (broad SMARTS) is 1. The lowest BCUT2D eigenvalue weighted by Crippen LogP contribution is -2.61. The van der Waals surface area contributed by atoms with Gasteiger partial charge in [-0.15, -0.1) is 0 Å². The number of carbonyl (C=O) groups is 14. The number of fused-ring (bicyclic) bond motifs is 1. The molecule has 3 aromatic carbocycles. The molecule has 3 fully saturated rings. The Kier molecular flexibility index (Phi) is 32.5. The molecule has 106 heavy (non-hydrogen) atoms. The lowest BCUT2D eigenvalue weighted by molar-refractivity contribution is -0.139. The molecule has 1 aromatic heterocycles. The number of phenolic OH excluding ortho intramolecular Hbond substituents is 1. The van der Waals surface area contributed by atoms with Crippen LogP contribution in [0.4, 0.5) is 0 Å². The predicted molar refractivity (Wildman–Crippen MR) is 394 cm³/mol. The van der Waals surface area contributed by atoms with Crippen LogP contribution in [0.1, 0.15) is 107 Å². The maximum absolute atomic E-state index is 15.3.